The molecule has 0 aromatic heterocycles. The molecule has 0 radical (unpaired) electrons. The van der Waals surface area contributed by atoms with E-state index in [1.165, 1.54) is 51.4 Å². The molecule has 0 unspecified atom stereocenters. The molecule has 33 heavy (non-hydrogen) atoms. The van der Waals surface area contributed by atoms with Crippen LogP contribution in [0.1, 0.15) is 127 Å². The Hall–Kier alpha value is -0.850. The smallest absolute Gasteiger partial charge is 0.138 e. The minimum Gasteiger partial charge on any atom is -0.299 e. The second-order valence-corrected chi connectivity index (χ2v) is 14.0. The second-order valence-electron chi connectivity index (χ2n) is 14.0. The van der Waals surface area contributed by atoms with Gasteiger partial charge in [0.2, 0.25) is 0 Å². The van der Waals surface area contributed by atoms with Crippen molar-refractivity contribution in [3.8, 4) is 0 Å². The molecule has 2 fully saturated rings. The Kier molecular flexibility index (Phi) is 6.41. The van der Waals surface area contributed by atoms with Crippen LogP contribution in [-0.2, 0) is 4.79 Å². The van der Waals surface area contributed by atoms with Crippen molar-refractivity contribution in [2.24, 2.45) is 45.3 Å². The predicted octanol–water partition coefficient (Wildman–Crippen LogP) is 9.32. The summed E-state index contributed by atoms with van der Waals surface area (Å²) < 4.78 is 0. The van der Waals surface area contributed by atoms with E-state index < -0.39 is 0 Å². The molecule has 0 amide bonds. The van der Waals surface area contributed by atoms with Gasteiger partial charge in [0.05, 0.1) is 0 Å². The molecule has 4 rings (SSSR count). The van der Waals surface area contributed by atoms with E-state index >= 15 is 0 Å². The lowest BCUT2D eigenvalue weighted by molar-refractivity contribution is -0.139. The number of fused-ring (bicyclic) bond motifs is 4. The number of hydrogen-bond acceptors (Lipinski definition) is 1. The molecule has 0 aliphatic heterocycles. The first-order valence-corrected chi connectivity index (χ1v) is 14.2. The Labute approximate surface area is 205 Å². The predicted molar refractivity (Wildman–Crippen MR) is 141 cm³/mol. The summed E-state index contributed by atoms with van der Waals surface area (Å²) in [5.41, 5.74) is 6.19. The van der Waals surface area contributed by atoms with Crippen molar-refractivity contribution < 1.29 is 4.79 Å². The number of ketones is 1. The van der Waals surface area contributed by atoms with Gasteiger partial charge in [0, 0.05) is 11.8 Å². The van der Waals surface area contributed by atoms with Crippen LogP contribution in [0, 0.1) is 45.3 Å². The minimum absolute atomic E-state index is 0.152. The molecule has 1 heteroatoms. The fourth-order valence-electron chi connectivity index (χ4n) is 9.80. The van der Waals surface area contributed by atoms with Gasteiger partial charge < -0.3 is 0 Å². The van der Waals surface area contributed by atoms with Crippen LogP contribution < -0.4 is 0 Å². The zero-order valence-electron chi connectivity index (χ0n) is 23.4. The Balaban J connectivity index is 1.62. The molecule has 4 aliphatic rings. The third kappa shape index (κ3) is 3.57. The van der Waals surface area contributed by atoms with Gasteiger partial charge in [0.15, 0.2) is 0 Å². The molecule has 0 heterocycles. The zero-order valence-corrected chi connectivity index (χ0v) is 23.4. The maximum absolute atomic E-state index is 12.8. The first kappa shape index (κ1) is 25.2. The van der Waals surface area contributed by atoms with Crippen molar-refractivity contribution in [3.63, 3.8) is 0 Å². The van der Waals surface area contributed by atoms with Gasteiger partial charge >= 0.3 is 0 Å². The molecule has 0 bridgehead atoms. The number of rotatable bonds is 5. The number of hydrogen-bond donors (Lipinski definition) is 0. The Morgan fingerprint density at radius 3 is 2.27 bits per heavy atom. The Morgan fingerprint density at radius 2 is 1.64 bits per heavy atom. The van der Waals surface area contributed by atoms with E-state index in [4.69, 9.17) is 0 Å². The molecule has 6 atom stereocenters. The SMILES string of the molecule is C/C=C(\CC[C@@H](C)[C@H]1CC[C@@]2(C)C3=C(CC[C@]12C)[C@@]1(C)CCC(=O)C(C)(C)[C@H]1CC3)C(C)C. The van der Waals surface area contributed by atoms with Crippen LogP contribution in [0.5, 0.6) is 0 Å². The van der Waals surface area contributed by atoms with Gasteiger partial charge in [-0.3, -0.25) is 4.79 Å². The van der Waals surface area contributed by atoms with E-state index in [-0.39, 0.29) is 10.8 Å². The molecule has 0 aromatic rings. The molecule has 2 saturated carbocycles. The fraction of sp³-hybridized carbons (Fsp3) is 0.844. The molecular weight excluding hydrogens is 400 g/mol. The maximum atomic E-state index is 12.8. The van der Waals surface area contributed by atoms with Crippen molar-refractivity contribution in [1.29, 1.82) is 0 Å². The van der Waals surface area contributed by atoms with Crippen LogP contribution in [0.25, 0.3) is 0 Å². The van der Waals surface area contributed by atoms with Gasteiger partial charge in [-0.05, 0) is 105 Å². The van der Waals surface area contributed by atoms with Gasteiger partial charge in [-0.25, -0.2) is 0 Å². The second kappa shape index (κ2) is 8.37. The fourth-order valence-corrected chi connectivity index (χ4v) is 9.80. The number of allylic oxidation sites excluding steroid dienone is 4. The van der Waals surface area contributed by atoms with Crippen LogP contribution in [0.3, 0.4) is 0 Å². The lowest BCUT2D eigenvalue weighted by Crippen LogP contribution is -2.53. The van der Waals surface area contributed by atoms with Crippen molar-refractivity contribution >= 4 is 5.78 Å². The summed E-state index contributed by atoms with van der Waals surface area (Å²) in [6, 6.07) is 0. The van der Waals surface area contributed by atoms with Gasteiger partial charge in [0.1, 0.15) is 5.78 Å². The summed E-state index contributed by atoms with van der Waals surface area (Å²) >= 11 is 0. The van der Waals surface area contributed by atoms with Gasteiger partial charge in [0.25, 0.3) is 0 Å². The highest BCUT2D eigenvalue weighted by atomic mass is 16.1. The molecular formula is C32H52O. The summed E-state index contributed by atoms with van der Waals surface area (Å²) in [6.07, 6.45) is 14.7. The highest BCUT2D eigenvalue weighted by Crippen LogP contribution is 2.72. The first-order valence-electron chi connectivity index (χ1n) is 14.2. The summed E-state index contributed by atoms with van der Waals surface area (Å²) in [4.78, 5) is 12.8. The molecule has 186 valence electrons. The zero-order chi connectivity index (χ0) is 24.4. The molecule has 0 aromatic carbocycles. The average Bonchev–Trinajstić information content (AvgIpc) is 3.03. The van der Waals surface area contributed by atoms with Gasteiger partial charge in [-0.15, -0.1) is 0 Å². The first-order chi connectivity index (χ1) is 15.3. The third-order valence-corrected chi connectivity index (χ3v) is 12.2. The molecule has 1 nitrogen and oxygen atoms in total. The summed E-state index contributed by atoms with van der Waals surface area (Å²) in [5, 5.41) is 0. The normalized spacial score (nSPS) is 41.6. The van der Waals surface area contributed by atoms with Crippen molar-refractivity contribution in [2.45, 2.75) is 127 Å². The Morgan fingerprint density at radius 1 is 0.939 bits per heavy atom. The summed E-state index contributed by atoms with van der Waals surface area (Å²) in [5.74, 6) is 3.36. The highest BCUT2D eigenvalue weighted by molar-refractivity contribution is 5.85. The number of Topliss-reactive ketones (excluding diaryl/α,β-unsaturated/α-hetero) is 1. The van der Waals surface area contributed by atoms with E-state index in [0.29, 0.717) is 28.4 Å². The number of carbonyl (C=O) groups is 1. The van der Waals surface area contributed by atoms with E-state index in [2.05, 4.69) is 68.4 Å². The van der Waals surface area contributed by atoms with Crippen molar-refractivity contribution in [1.82, 2.24) is 0 Å². The quantitative estimate of drug-likeness (QED) is 0.380. The molecule has 0 saturated heterocycles. The van der Waals surface area contributed by atoms with Crippen LogP contribution in [0.4, 0.5) is 0 Å². The highest BCUT2D eigenvalue weighted by Gasteiger charge is 2.63. The summed E-state index contributed by atoms with van der Waals surface area (Å²) in [7, 11) is 0. The molecule has 4 aliphatic carbocycles. The van der Waals surface area contributed by atoms with Crippen molar-refractivity contribution in [3.05, 3.63) is 22.8 Å². The lowest BCUT2D eigenvalue weighted by Gasteiger charge is -2.61. The lowest BCUT2D eigenvalue weighted by atomic mass is 9.43. The molecule has 0 N–H and O–H groups in total. The van der Waals surface area contributed by atoms with Crippen LogP contribution in [-0.4, -0.2) is 5.78 Å². The third-order valence-electron chi connectivity index (χ3n) is 12.2. The van der Waals surface area contributed by atoms with E-state index in [0.717, 1.165) is 24.7 Å². The summed E-state index contributed by atoms with van der Waals surface area (Å²) in [6.45, 7) is 21.9. The largest absolute Gasteiger partial charge is 0.299 e. The topological polar surface area (TPSA) is 17.1 Å². The van der Waals surface area contributed by atoms with E-state index in [9.17, 15) is 4.79 Å². The van der Waals surface area contributed by atoms with Crippen LogP contribution >= 0.6 is 0 Å². The molecule has 0 spiro atoms. The average molecular weight is 453 g/mol. The standard InChI is InChI=1S/C32H52O/c1-10-23(21(2)3)12-11-22(4)24-15-19-32(9)26-13-14-27-29(5,6)28(33)17-18-30(27,7)25(26)16-20-31(24,32)8/h10,21-22,24,27H,11-20H2,1-9H3/b23-10+/t22-,24-,27-,30-,31-,32+/m1/s1. The monoisotopic (exact) mass is 452 g/mol. The van der Waals surface area contributed by atoms with E-state index in [1.807, 2.05) is 11.1 Å². The number of carbonyl (C=O) groups excluding carboxylic acids is 1. The Bertz CT molecular complexity index is 856. The minimum atomic E-state index is -0.152. The van der Waals surface area contributed by atoms with Gasteiger partial charge in [-0.2, -0.15) is 0 Å². The van der Waals surface area contributed by atoms with Crippen LogP contribution in [0.2, 0.25) is 0 Å². The maximum Gasteiger partial charge on any atom is 0.138 e. The van der Waals surface area contributed by atoms with Gasteiger partial charge in [-0.1, -0.05) is 78.2 Å². The van der Waals surface area contributed by atoms with Crippen LogP contribution in [0.15, 0.2) is 22.8 Å². The van der Waals surface area contributed by atoms with E-state index in [1.54, 1.807) is 5.57 Å². The van der Waals surface area contributed by atoms with Crippen molar-refractivity contribution in [2.75, 3.05) is 0 Å².